The van der Waals surface area contributed by atoms with Gasteiger partial charge in [0, 0.05) is 40.3 Å². The third kappa shape index (κ3) is 3.47. The highest BCUT2D eigenvalue weighted by atomic mass is 32.1. The molecule has 0 aliphatic carbocycles. The van der Waals surface area contributed by atoms with Gasteiger partial charge in [-0.05, 0) is 24.6 Å². The van der Waals surface area contributed by atoms with E-state index < -0.39 is 0 Å². The molecule has 4 aromatic rings. The summed E-state index contributed by atoms with van der Waals surface area (Å²) >= 11 is 3.30. The van der Waals surface area contributed by atoms with Gasteiger partial charge in [-0.25, -0.2) is 9.97 Å². The lowest BCUT2D eigenvalue weighted by Gasteiger charge is -2.05. The highest BCUT2D eigenvalue weighted by molar-refractivity contribution is 7.33. The van der Waals surface area contributed by atoms with Crippen LogP contribution in [0.5, 0.6) is 0 Å². The smallest absolute Gasteiger partial charge is 0.261 e. The first-order valence-corrected chi connectivity index (χ1v) is 9.65. The third-order valence-corrected chi connectivity index (χ3v) is 6.18. The fourth-order valence-corrected chi connectivity index (χ4v) is 5.02. The zero-order valence-electron chi connectivity index (χ0n) is 13.4. The minimum Gasteiger partial charge on any atom is -0.354 e. The number of amides is 1. The van der Waals surface area contributed by atoms with Crippen LogP contribution in [0.1, 0.15) is 16.1 Å². The first-order chi connectivity index (χ1) is 12.3. The molecule has 5 nitrogen and oxygen atoms in total. The molecule has 0 saturated heterocycles. The highest BCUT2D eigenvalue weighted by Crippen LogP contribution is 2.39. The summed E-state index contributed by atoms with van der Waals surface area (Å²) in [6.07, 6.45) is 4.21. The van der Waals surface area contributed by atoms with Gasteiger partial charge in [-0.1, -0.05) is 18.2 Å². The van der Waals surface area contributed by atoms with E-state index in [2.05, 4.69) is 32.7 Å². The van der Waals surface area contributed by atoms with Crippen molar-refractivity contribution in [1.82, 2.24) is 15.3 Å². The molecule has 2 N–H and O–H groups in total. The maximum atomic E-state index is 12.3. The van der Waals surface area contributed by atoms with Crippen molar-refractivity contribution in [2.75, 3.05) is 18.4 Å². The number of hydrogen-bond acceptors (Lipinski definition) is 6. The molecule has 0 saturated carbocycles. The third-order valence-electron chi connectivity index (χ3n) is 3.76. The Balaban J connectivity index is 1.33. The zero-order chi connectivity index (χ0) is 17.1. The molecule has 0 aliphatic heterocycles. The van der Waals surface area contributed by atoms with Crippen LogP contribution in [0.4, 0.5) is 5.95 Å². The molecule has 0 fully saturated rings. The Labute approximate surface area is 152 Å². The Bertz CT molecular complexity index is 1010. The van der Waals surface area contributed by atoms with Crippen LogP contribution in [-0.2, 0) is 0 Å². The minimum absolute atomic E-state index is 0.00607. The quantitative estimate of drug-likeness (QED) is 0.502. The number of nitrogens with one attached hydrogen (secondary N) is 2. The van der Waals surface area contributed by atoms with Gasteiger partial charge in [-0.3, -0.25) is 4.79 Å². The lowest BCUT2D eigenvalue weighted by Crippen LogP contribution is -2.25. The second kappa shape index (κ2) is 7.16. The monoisotopic (exact) mass is 368 g/mol. The molecule has 1 amide bonds. The summed E-state index contributed by atoms with van der Waals surface area (Å²) in [6, 6.07) is 12.1. The van der Waals surface area contributed by atoms with Crippen molar-refractivity contribution in [1.29, 1.82) is 0 Å². The van der Waals surface area contributed by atoms with Crippen LogP contribution in [0, 0.1) is 0 Å². The predicted octanol–water partition coefficient (Wildman–Crippen LogP) is 4.14. The fourth-order valence-electron chi connectivity index (χ4n) is 2.58. The van der Waals surface area contributed by atoms with Crippen LogP contribution in [0.2, 0.25) is 0 Å². The molecule has 0 bridgehead atoms. The Morgan fingerprint density at radius 1 is 1.00 bits per heavy atom. The van der Waals surface area contributed by atoms with E-state index in [1.807, 2.05) is 18.2 Å². The normalized spacial score (nSPS) is 11.0. The molecule has 0 aliphatic rings. The number of carbonyl (C=O) groups is 1. The van der Waals surface area contributed by atoms with Gasteiger partial charge in [0.2, 0.25) is 5.95 Å². The Kier molecular flexibility index (Phi) is 4.58. The molecule has 0 spiro atoms. The second-order valence-corrected chi connectivity index (χ2v) is 7.65. The largest absolute Gasteiger partial charge is 0.354 e. The van der Waals surface area contributed by atoms with Gasteiger partial charge < -0.3 is 10.6 Å². The van der Waals surface area contributed by atoms with Crippen LogP contribution < -0.4 is 10.6 Å². The van der Waals surface area contributed by atoms with Crippen LogP contribution in [0.3, 0.4) is 0 Å². The number of hydrogen-bond donors (Lipinski definition) is 2. The van der Waals surface area contributed by atoms with Gasteiger partial charge >= 0.3 is 0 Å². The van der Waals surface area contributed by atoms with Crippen LogP contribution in [0.15, 0.2) is 48.8 Å². The maximum absolute atomic E-state index is 12.3. The number of aromatic nitrogens is 2. The number of nitrogens with zero attached hydrogens (tertiary/aromatic N) is 2. The summed E-state index contributed by atoms with van der Waals surface area (Å²) in [7, 11) is 0. The summed E-state index contributed by atoms with van der Waals surface area (Å²) in [4.78, 5) is 21.3. The number of anilines is 1. The fraction of sp³-hybridized carbons (Fsp3) is 0.167. The highest BCUT2D eigenvalue weighted by Gasteiger charge is 2.13. The molecule has 25 heavy (non-hydrogen) atoms. The summed E-state index contributed by atoms with van der Waals surface area (Å²) in [6.45, 7) is 1.33. The molecule has 7 heteroatoms. The van der Waals surface area contributed by atoms with Crippen molar-refractivity contribution in [3.8, 4) is 0 Å². The van der Waals surface area contributed by atoms with E-state index in [9.17, 15) is 4.79 Å². The summed E-state index contributed by atoms with van der Waals surface area (Å²) in [5.41, 5.74) is 0. The average Bonchev–Trinajstić information content (AvgIpc) is 3.20. The predicted molar refractivity (Wildman–Crippen MR) is 105 cm³/mol. The molecule has 4 rings (SSSR count). The lowest BCUT2D eigenvalue weighted by atomic mass is 10.2. The van der Waals surface area contributed by atoms with Crippen molar-refractivity contribution < 1.29 is 4.79 Å². The first-order valence-electron chi connectivity index (χ1n) is 8.01. The molecular weight excluding hydrogens is 352 g/mol. The lowest BCUT2D eigenvalue weighted by molar-refractivity contribution is 0.0957. The number of carbonyl (C=O) groups excluding carboxylic acids is 1. The summed E-state index contributed by atoms with van der Waals surface area (Å²) in [5.74, 6) is 0.604. The van der Waals surface area contributed by atoms with E-state index in [1.54, 1.807) is 41.1 Å². The standard InChI is InChI=1S/C18H16N4OS2/c23-17(19-7-3-8-20-18-21-9-4-10-22-18)15-11-14-16(25-15)12-5-1-2-6-13(12)24-14/h1-2,4-6,9-11H,3,7-8H2,(H,19,23)(H,20,21,22). The van der Waals surface area contributed by atoms with Gasteiger partial charge in [0.25, 0.3) is 5.91 Å². The molecule has 3 aromatic heterocycles. The summed E-state index contributed by atoms with van der Waals surface area (Å²) < 4.78 is 3.65. The van der Waals surface area contributed by atoms with E-state index in [0.717, 1.165) is 11.3 Å². The van der Waals surface area contributed by atoms with Crippen molar-refractivity contribution in [2.24, 2.45) is 0 Å². The first kappa shape index (κ1) is 16.0. The van der Waals surface area contributed by atoms with E-state index in [1.165, 1.54) is 19.5 Å². The summed E-state index contributed by atoms with van der Waals surface area (Å²) in [5, 5.41) is 7.34. The van der Waals surface area contributed by atoms with Crippen molar-refractivity contribution >= 4 is 54.0 Å². The van der Waals surface area contributed by atoms with Gasteiger partial charge in [0.1, 0.15) is 0 Å². The van der Waals surface area contributed by atoms with E-state index >= 15 is 0 Å². The molecular formula is C18H16N4OS2. The SMILES string of the molecule is O=C(NCCCNc1ncccn1)c1cc2sc3ccccc3c2s1. The topological polar surface area (TPSA) is 66.9 Å². The van der Waals surface area contributed by atoms with Gasteiger partial charge in [0.15, 0.2) is 0 Å². The van der Waals surface area contributed by atoms with Crippen LogP contribution in [-0.4, -0.2) is 29.0 Å². The Morgan fingerprint density at radius 2 is 1.84 bits per heavy atom. The number of fused-ring (bicyclic) bond motifs is 3. The number of thiophene rings is 2. The Hall–Kier alpha value is -2.51. The molecule has 0 atom stereocenters. The van der Waals surface area contributed by atoms with Crippen molar-refractivity contribution in [2.45, 2.75) is 6.42 Å². The van der Waals surface area contributed by atoms with Crippen LogP contribution >= 0.6 is 22.7 Å². The van der Waals surface area contributed by atoms with E-state index in [4.69, 9.17) is 0 Å². The zero-order valence-corrected chi connectivity index (χ0v) is 15.0. The van der Waals surface area contributed by atoms with Gasteiger partial charge in [-0.2, -0.15) is 0 Å². The number of rotatable bonds is 6. The molecule has 3 heterocycles. The Morgan fingerprint density at radius 3 is 2.72 bits per heavy atom. The molecule has 1 aromatic carbocycles. The molecule has 126 valence electrons. The van der Waals surface area contributed by atoms with Gasteiger partial charge in [-0.15, -0.1) is 22.7 Å². The van der Waals surface area contributed by atoms with Crippen molar-refractivity contribution in [3.05, 3.63) is 53.7 Å². The van der Waals surface area contributed by atoms with Gasteiger partial charge in [0.05, 0.1) is 9.58 Å². The van der Waals surface area contributed by atoms with E-state index in [-0.39, 0.29) is 5.91 Å². The molecule has 0 radical (unpaired) electrons. The molecule has 0 unspecified atom stereocenters. The maximum Gasteiger partial charge on any atom is 0.261 e. The van der Waals surface area contributed by atoms with Crippen LogP contribution in [0.25, 0.3) is 19.5 Å². The minimum atomic E-state index is -0.00607. The number of benzene rings is 1. The second-order valence-electron chi connectivity index (χ2n) is 5.51. The van der Waals surface area contributed by atoms with Crippen molar-refractivity contribution in [3.63, 3.8) is 0 Å². The average molecular weight is 368 g/mol. The van der Waals surface area contributed by atoms with E-state index in [0.29, 0.717) is 19.0 Å².